The van der Waals surface area contributed by atoms with Crippen molar-refractivity contribution in [3.8, 4) is 0 Å². The minimum Gasteiger partial charge on any atom is -0.478 e. The van der Waals surface area contributed by atoms with Gasteiger partial charge in [-0.1, -0.05) is 13.8 Å². The van der Waals surface area contributed by atoms with Gasteiger partial charge in [0, 0.05) is 16.7 Å². The lowest BCUT2D eigenvalue weighted by Gasteiger charge is -2.17. The van der Waals surface area contributed by atoms with Crippen molar-refractivity contribution >= 4 is 27.7 Å². The molecule has 0 bridgehead atoms. The van der Waals surface area contributed by atoms with Crippen LogP contribution in [0.15, 0.2) is 16.7 Å². The largest absolute Gasteiger partial charge is 0.478 e. The molecule has 0 aliphatic heterocycles. The van der Waals surface area contributed by atoms with Gasteiger partial charge in [-0.15, -0.1) is 0 Å². The highest BCUT2D eigenvalue weighted by Crippen LogP contribution is 2.20. The van der Waals surface area contributed by atoms with Gasteiger partial charge >= 0.3 is 5.97 Å². The molecule has 18 heavy (non-hydrogen) atoms. The quantitative estimate of drug-likeness (QED) is 0.838. The maximum Gasteiger partial charge on any atom is 0.339 e. The SMILES string of the molecule is CC(C)CCC(C)Nc1ncc(Br)cc1C(=O)O. The Bertz CT molecular complexity index is 421. The van der Waals surface area contributed by atoms with Gasteiger partial charge in [0.1, 0.15) is 11.4 Å². The average Bonchev–Trinajstić information content (AvgIpc) is 2.28. The van der Waals surface area contributed by atoms with Gasteiger partial charge in [0.25, 0.3) is 0 Å². The highest BCUT2D eigenvalue weighted by molar-refractivity contribution is 9.10. The van der Waals surface area contributed by atoms with Crippen LogP contribution in [-0.4, -0.2) is 22.1 Å². The van der Waals surface area contributed by atoms with Gasteiger partial charge in [-0.05, 0) is 47.7 Å². The Balaban J connectivity index is 2.74. The molecule has 1 unspecified atom stereocenters. The highest BCUT2D eigenvalue weighted by atomic mass is 79.9. The Kier molecular flexibility index (Phi) is 5.59. The van der Waals surface area contributed by atoms with Crippen molar-refractivity contribution in [2.45, 2.75) is 39.7 Å². The second-order valence-corrected chi connectivity index (χ2v) is 5.79. The Labute approximate surface area is 116 Å². The Morgan fingerprint density at radius 1 is 1.44 bits per heavy atom. The summed E-state index contributed by atoms with van der Waals surface area (Å²) >= 11 is 3.23. The summed E-state index contributed by atoms with van der Waals surface area (Å²) in [5.41, 5.74) is 0.195. The fourth-order valence-electron chi connectivity index (χ4n) is 1.61. The molecule has 0 amide bonds. The van der Waals surface area contributed by atoms with Crippen LogP contribution in [0.25, 0.3) is 0 Å². The number of carbonyl (C=O) groups is 1. The number of anilines is 1. The smallest absolute Gasteiger partial charge is 0.339 e. The predicted molar refractivity (Wildman–Crippen MR) is 76.1 cm³/mol. The lowest BCUT2D eigenvalue weighted by atomic mass is 10.0. The van der Waals surface area contributed by atoms with Crippen molar-refractivity contribution < 1.29 is 9.90 Å². The zero-order valence-corrected chi connectivity index (χ0v) is 12.5. The lowest BCUT2D eigenvalue weighted by molar-refractivity contribution is 0.0697. The van der Waals surface area contributed by atoms with Gasteiger partial charge in [0.05, 0.1) is 0 Å². The molecule has 0 radical (unpaired) electrons. The maximum atomic E-state index is 11.1. The number of hydrogen-bond acceptors (Lipinski definition) is 3. The van der Waals surface area contributed by atoms with Crippen molar-refractivity contribution in [1.29, 1.82) is 0 Å². The first-order chi connectivity index (χ1) is 8.40. The van der Waals surface area contributed by atoms with E-state index in [0.29, 0.717) is 16.2 Å². The molecule has 0 spiro atoms. The summed E-state index contributed by atoms with van der Waals surface area (Å²) in [4.78, 5) is 15.2. The van der Waals surface area contributed by atoms with Crippen LogP contribution in [0.2, 0.25) is 0 Å². The first kappa shape index (κ1) is 15.0. The van der Waals surface area contributed by atoms with E-state index in [-0.39, 0.29) is 11.6 Å². The van der Waals surface area contributed by atoms with E-state index in [1.165, 1.54) is 0 Å². The fourth-order valence-corrected chi connectivity index (χ4v) is 1.94. The van der Waals surface area contributed by atoms with Gasteiger partial charge in [-0.3, -0.25) is 0 Å². The van der Waals surface area contributed by atoms with E-state index in [4.69, 9.17) is 5.11 Å². The third kappa shape index (κ3) is 4.64. The molecule has 1 rings (SSSR count). The first-order valence-electron chi connectivity index (χ1n) is 6.05. The molecule has 1 aromatic heterocycles. The molecule has 2 N–H and O–H groups in total. The minimum absolute atomic E-state index is 0.195. The summed E-state index contributed by atoms with van der Waals surface area (Å²) in [5.74, 6) is 0.107. The molecular weight excluding hydrogens is 296 g/mol. The monoisotopic (exact) mass is 314 g/mol. The molecule has 0 aromatic carbocycles. The summed E-state index contributed by atoms with van der Waals surface area (Å²) in [6, 6.07) is 1.77. The van der Waals surface area contributed by atoms with E-state index in [1.54, 1.807) is 12.3 Å². The van der Waals surface area contributed by atoms with Crippen molar-refractivity contribution in [3.63, 3.8) is 0 Å². The number of carboxylic acid groups (broad SMARTS) is 1. The second-order valence-electron chi connectivity index (χ2n) is 4.87. The molecule has 4 nitrogen and oxygen atoms in total. The molecule has 1 heterocycles. The molecule has 100 valence electrons. The van der Waals surface area contributed by atoms with Crippen molar-refractivity contribution in [2.24, 2.45) is 5.92 Å². The summed E-state index contributed by atoms with van der Waals surface area (Å²) in [6.45, 7) is 6.39. The van der Waals surface area contributed by atoms with E-state index in [2.05, 4.69) is 40.1 Å². The summed E-state index contributed by atoms with van der Waals surface area (Å²) in [5, 5.41) is 12.3. The van der Waals surface area contributed by atoms with Crippen LogP contribution in [0.3, 0.4) is 0 Å². The van der Waals surface area contributed by atoms with Crippen LogP contribution in [0.5, 0.6) is 0 Å². The molecule has 0 aliphatic rings. The van der Waals surface area contributed by atoms with Crippen molar-refractivity contribution in [1.82, 2.24) is 4.98 Å². The molecule has 5 heteroatoms. The number of carboxylic acids is 1. The number of rotatable bonds is 6. The Morgan fingerprint density at radius 2 is 2.11 bits per heavy atom. The van der Waals surface area contributed by atoms with Gasteiger partial charge in [-0.25, -0.2) is 9.78 Å². The normalized spacial score (nSPS) is 12.5. The van der Waals surface area contributed by atoms with E-state index >= 15 is 0 Å². The van der Waals surface area contributed by atoms with Crippen molar-refractivity contribution in [3.05, 3.63) is 22.3 Å². The van der Waals surface area contributed by atoms with Gasteiger partial charge in [0.2, 0.25) is 0 Å². The number of nitrogens with one attached hydrogen (secondary N) is 1. The van der Waals surface area contributed by atoms with Gasteiger partial charge in [-0.2, -0.15) is 0 Å². The Morgan fingerprint density at radius 3 is 2.67 bits per heavy atom. The highest BCUT2D eigenvalue weighted by Gasteiger charge is 2.14. The van der Waals surface area contributed by atoms with Crippen LogP contribution >= 0.6 is 15.9 Å². The van der Waals surface area contributed by atoms with Crippen LogP contribution in [0.1, 0.15) is 44.0 Å². The topological polar surface area (TPSA) is 62.2 Å². The molecule has 1 atom stereocenters. The van der Waals surface area contributed by atoms with Crippen molar-refractivity contribution in [2.75, 3.05) is 5.32 Å². The maximum absolute atomic E-state index is 11.1. The molecule has 0 saturated heterocycles. The second kappa shape index (κ2) is 6.73. The van der Waals surface area contributed by atoms with Crippen LogP contribution in [0.4, 0.5) is 5.82 Å². The summed E-state index contributed by atoms with van der Waals surface area (Å²) in [6.07, 6.45) is 3.70. The number of hydrogen-bond donors (Lipinski definition) is 2. The van der Waals surface area contributed by atoms with Crippen LogP contribution in [-0.2, 0) is 0 Å². The molecule has 0 saturated carbocycles. The number of pyridine rings is 1. The predicted octanol–water partition coefficient (Wildman–Crippen LogP) is 3.78. The number of aromatic carboxylic acids is 1. The fraction of sp³-hybridized carbons (Fsp3) is 0.538. The average molecular weight is 315 g/mol. The number of nitrogens with zero attached hydrogens (tertiary/aromatic N) is 1. The van der Waals surface area contributed by atoms with Gasteiger partial charge in [0.15, 0.2) is 0 Å². The molecule has 0 aliphatic carbocycles. The third-order valence-electron chi connectivity index (χ3n) is 2.64. The summed E-state index contributed by atoms with van der Waals surface area (Å²) < 4.78 is 0.667. The summed E-state index contributed by atoms with van der Waals surface area (Å²) in [7, 11) is 0. The van der Waals surface area contributed by atoms with Gasteiger partial charge < -0.3 is 10.4 Å². The van der Waals surface area contributed by atoms with E-state index in [1.807, 2.05) is 6.92 Å². The van der Waals surface area contributed by atoms with E-state index < -0.39 is 5.97 Å². The standard InChI is InChI=1S/C13H19BrN2O2/c1-8(2)4-5-9(3)16-12-11(13(17)18)6-10(14)7-15-12/h6-9H,4-5H2,1-3H3,(H,15,16)(H,17,18). The molecule has 1 aromatic rings. The first-order valence-corrected chi connectivity index (χ1v) is 6.84. The Hall–Kier alpha value is -1.10. The van der Waals surface area contributed by atoms with Crippen LogP contribution < -0.4 is 5.32 Å². The van der Waals surface area contributed by atoms with Crippen LogP contribution in [0, 0.1) is 5.92 Å². The molecule has 0 fully saturated rings. The van der Waals surface area contributed by atoms with E-state index in [0.717, 1.165) is 12.8 Å². The third-order valence-corrected chi connectivity index (χ3v) is 3.08. The number of aromatic nitrogens is 1. The zero-order chi connectivity index (χ0) is 13.7. The zero-order valence-electron chi connectivity index (χ0n) is 10.9. The minimum atomic E-state index is -0.970. The van der Waals surface area contributed by atoms with E-state index in [9.17, 15) is 4.79 Å². The molecular formula is C13H19BrN2O2. The lowest BCUT2D eigenvalue weighted by Crippen LogP contribution is -2.19. The number of halogens is 1.